The predicted octanol–water partition coefficient (Wildman–Crippen LogP) is 2.61. The Morgan fingerprint density at radius 3 is 2.30 bits per heavy atom. The molecule has 0 aromatic heterocycles. The van der Waals surface area contributed by atoms with E-state index in [4.69, 9.17) is 0 Å². The SMILES string of the molecule is C=CCN(CC=C)S(=O)(=O)c1cc(CO)cc(Br)c1C. The number of aliphatic hydroxyl groups excluding tert-OH is 1. The van der Waals surface area contributed by atoms with Crippen molar-refractivity contribution < 1.29 is 13.5 Å². The zero-order valence-electron chi connectivity index (χ0n) is 11.3. The first kappa shape index (κ1) is 17.1. The molecule has 0 radical (unpaired) electrons. The summed E-state index contributed by atoms with van der Waals surface area (Å²) in [6.07, 6.45) is 3.06. The third kappa shape index (κ3) is 3.58. The van der Waals surface area contributed by atoms with Crippen LogP contribution in [-0.4, -0.2) is 30.9 Å². The molecule has 0 saturated heterocycles. The molecule has 0 fully saturated rings. The van der Waals surface area contributed by atoms with E-state index in [1.807, 2.05) is 0 Å². The quantitative estimate of drug-likeness (QED) is 0.761. The van der Waals surface area contributed by atoms with Crippen LogP contribution >= 0.6 is 15.9 Å². The highest BCUT2D eigenvalue weighted by Crippen LogP contribution is 2.28. The van der Waals surface area contributed by atoms with Crippen LogP contribution in [-0.2, 0) is 16.6 Å². The van der Waals surface area contributed by atoms with E-state index in [-0.39, 0.29) is 24.6 Å². The van der Waals surface area contributed by atoms with E-state index in [0.717, 1.165) is 0 Å². The van der Waals surface area contributed by atoms with Crippen LogP contribution in [0, 0.1) is 6.92 Å². The van der Waals surface area contributed by atoms with Crippen molar-refractivity contribution in [1.82, 2.24) is 4.31 Å². The minimum Gasteiger partial charge on any atom is -0.392 e. The zero-order chi connectivity index (χ0) is 15.3. The molecule has 1 aromatic rings. The van der Waals surface area contributed by atoms with Crippen molar-refractivity contribution in [1.29, 1.82) is 0 Å². The molecule has 0 bridgehead atoms. The number of halogens is 1. The Bertz CT molecular complexity index is 601. The highest BCUT2D eigenvalue weighted by molar-refractivity contribution is 9.10. The van der Waals surface area contributed by atoms with Crippen LogP contribution in [0.25, 0.3) is 0 Å². The van der Waals surface area contributed by atoms with Gasteiger partial charge in [0, 0.05) is 17.6 Å². The van der Waals surface area contributed by atoms with Crippen molar-refractivity contribution in [2.24, 2.45) is 0 Å². The summed E-state index contributed by atoms with van der Waals surface area (Å²) in [5, 5.41) is 9.23. The molecule has 0 atom stereocenters. The lowest BCUT2D eigenvalue weighted by Gasteiger charge is -2.21. The minimum absolute atomic E-state index is 0.180. The van der Waals surface area contributed by atoms with Gasteiger partial charge in [-0.3, -0.25) is 0 Å². The van der Waals surface area contributed by atoms with E-state index in [2.05, 4.69) is 29.1 Å². The molecule has 0 aliphatic heterocycles. The van der Waals surface area contributed by atoms with Crippen molar-refractivity contribution in [2.75, 3.05) is 13.1 Å². The van der Waals surface area contributed by atoms with Gasteiger partial charge in [0.25, 0.3) is 0 Å². The molecule has 0 amide bonds. The standard InChI is InChI=1S/C14H18BrNO3S/c1-4-6-16(7-5-2)20(18,19)14-9-12(10-17)8-13(15)11(14)3/h4-5,8-9,17H,1-2,6-7,10H2,3H3. The summed E-state index contributed by atoms with van der Waals surface area (Å²) in [6.45, 7) is 9.06. The van der Waals surface area contributed by atoms with E-state index in [0.29, 0.717) is 15.6 Å². The first-order chi connectivity index (χ1) is 9.38. The van der Waals surface area contributed by atoms with Crippen molar-refractivity contribution >= 4 is 26.0 Å². The predicted molar refractivity (Wildman–Crippen MR) is 84.0 cm³/mol. The Morgan fingerprint density at radius 1 is 1.30 bits per heavy atom. The van der Waals surface area contributed by atoms with Gasteiger partial charge in [-0.25, -0.2) is 8.42 Å². The van der Waals surface area contributed by atoms with Gasteiger partial charge in [0.15, 0.2) is 0 Å². The summed E-state index contributed by atoms with van der Waals surface area (Å²) < 4.78 is 27.3. The molecule has 20 heavy (non-hydrogen) atoms. The summed E-state index contributed by atoms with van der Waals surface area (Å²) >= 11 is 3.32. The fraction of sp³-hybridized carbons (Fsp3) is 0.286. The van der Waals surface area contributed by atoms with Gasteiger partial charge >= 0.3 is 0 Å². The maximum Gasteiger partial charge on any atom is 0.243 e. The van der Waals surface area contributed by atoms with Crippen LogP contribution in [0.15, 0.2) is 46.8 Å². The molecule has 0 spiro atoms. The van der Waals surface area contributed by atoms with Gasteiger partial charge in [-0.1, -0.05) is 28.1 Å². The molecule has 1 N–H and O–H groups in total. The van der Waals surface area contributed by atoms with E-state index >= 15 is 0 Å². The molecule has 1 rings (SSSR count). The number of benzene rings is 1. The third-order valence-electron chi connectivity index (χ3n) is 2.82. The molecule has 0 unspecified atom stereocenters. The molecule has 0 aliphatic carbocycles. The number of sulfonamides is 1. The lowest BCUT2D eigenvalue weighted by molar-refractivity contribution is 0.281. The average Bonchev–Trinajstić information content (AvgIpc) is 2.41. The van der Waals surface area contributed by atoms with E-state index in [1.165, 1.54) is 22.5 Å². The second kappa shape index (κ2) is 7.17. The summed E-state index contributed by atoms with van der Waals surface area (Å²) in [5.41, 5.74) is 1.15. The Labute approximate surface area is 128 Å². The summed E-state index contributed by atoms with van der Waals surface area (Å²) in [5.74, 6) is 0. The first-order valence-corrected chi connectivity index (χ1v) is 8.23. The normalized spacial score (nSPS) is 11.6. The van der Waals surface area contributed by atoms with Crippen molar-refractivity contribution in [2.45, 2.75) is 18.4 Å². The van der Waals surface area contributed by atoms with Gasteiger partial charge in [-0.2, -0.15) is 4.31 Å². The number of nitrogens with zero attached hydrogens (tertiary/aromatic N) is 1. The molecule has 6 heteroatoms. The Hall–Kier alpha value is -0.950. The summed E-state index contributed by atoms with van der Waals surface area (Å²) in [4.78, 5) is 0.180. The number of hydrogen-bond donors (Lipinski definition) is 1. The van der Waals surface area contributed by atoms with Crippen LogP contribution in [0.1, 0.15) is 11.1 Å². The average molecular weight is 360 g/mol. The Kier molecular flexibility index (Phi) is 6.13. The molecular weight excluding hydrogens is 342 g/mol. The van der Waals surface area contributed by atoms with E-state index < -0.39 is 10.0 Å². The maximum atomic E-state index is 12.7. The largest absolute Gasteiger partial charge is 0.392 e. The van der Waals surface area contributed by atoms with Crippen molar-refractivity contribution in [3.8, 4) is 0 Å². The number of aliphatic hydroxyl groups is 1. The summed E-state index contributed by atoms with van der Waals surface area (Å²) in [7, 11) is -3.66. The van der Waals surface area contributed by atoms with Crippen LogP contribution in [0.2, 0.25) is 0 Å². The second-order valence-corrected chi connectivity index (χ2v) is 7.02. The number of rotatable bonds is 7. The lowest BCUT2D eigenvalue weighted by atomic mass is 10.2. The minimum atomic E-state index is -3.66. The first-order valence-electron chi connectivity index (χ1n) is 6.00. The van der Waals surface area contributed by atoms with Crippen LogP contribution in [0.5, 0.6) is 0 Å². The molecule has 4 nitrogen and oxygen atoms in total. The van der Waals surface area contributed by atoms with Gasteiger partial charge in [0.05, 0.1) is 11.5 Å². The highest BCUT2D eigenvalue weighted by Gasteiger charge is 2.25. The molecule has 0 heterocycles. The molecule has 110 valence electrons. The van der Waals surface area contributed by atoms with Crippen LogP contribution < -0.4 is 0 Å². The topological polar surface area (TPSA) is 57.6 Å². The van der Waals surface area contributed by atoms with Gasteiger partial charge in [0.1, 0.15) is 0 Å². The smallest absolute Gasteiger partial charge is 0.243 e. The van der Waals surface area contributed by atoms with E-state index in [1.54, 1.807) is 13.0 Å². The Balaban J connectivity index is 3.43. The van der Waals surface area contributed by atoms with Crippen molar-refractivity contribution in [3.63, 3.8) is 0 Å². The molecular formula is C14H18BrNO3S. The monoisotopic (exact) mass is 359 g/mol. The third-order valence-corrected chi connectivity index (χ3v) is 5.60. The zero-order valence-corrected chi connectivity index (χ0v) is 13.7. The molecule has 0 aliphatic rings. The molecule has 1 aromatic carbocycles. The van der Waals surface area contributed by atoms with Gasteiger partial charge in [0.2, 0.25) is 10.0 Å². The van der Waals surface area contributed by atoms with E-state index in [9.17, 15) is 13.5 Å². The van der Waals surface area contributed by atoms with Gasteiger partial charge in [-0.05, 0) is 30.2 Å². The fourth-order valence-electron chi connectivity index (χ4n) is 1.76. The van der Waals surface area contributed by atoms with Gasteiger partial charge in [-0.15, -0.1) is 13.2 Å². The van der Waals surface area contributed by atoms with Crippen LogP contribution in [0.4, 0.5) is 0 Å². The van der Waals surface area contributed by atoms with Crippen LogP contribution in [0.3, 0.4) is 0 Å². The lowest BCUT2D eigenvalue weighted by Crippen LogP contribution is -2.32. The van der Waals surface area contributed by atoms with Crippen molar-refractivity contribution in [3.05, 3.63) is 53.0 Å². The summed E-state index contributed by atoms with van der Waals surface area (Å²) in [6, 6.07) is 3.20. The second-order valence-electron chi connectivity index (χ2n) is 4.26. The maximum absolute atomic E-state index is 12.7. The highest BCUT2D eigenvalue weighted by atomic mass is 79.9. The fourth-order valence-corrected chi connectivity index (χ4v) is 4.08. The molecule has 0 saturated carbocycles. The Morgan fingerprint density at radius 2 is 1.85 bits per heavy atom. The van der Waals surface area contributed by atoms with Gasteiger partial charge < -0.3 is 5.11 Å². The number of hydrogen-bond acceptors (Lipinski definition) is 3.